The first-order valence-electron chi connectivity index (χ1n) is 8.89. The maximum atomic E-state index is 12.8. The summed E-state index contributed by atoms with van der Waals surface area (Å²) in [4.78, 5) is 25.1. The monoisotopic (exact) mass is 375 g/mol. The van der Waals surface area contributed by atoms with E-state index in [0.717, 1.165) is 25.7 Å². The normalized spacial score (nSPS) is 40.1. The highest BCUT2D eigenvalue weighted by Crippen LogP contribution is 2.71. The number of rotatable bonds is 5. The molecule has 2 aliphatic rings. The summed E-state index contributed by atoms with van der Waals surface area (Å²) in [6.45, 7) is 8.31. The Morgan fingerprint density at radius 2 is 1.42 bits per heavy atom. The zero-order valence-corrected chi connectivity index (χ0v) is 17.1. The highest BCUT2D eigenvalue weighted by molar-refractivity contribution is 7.66. The Kier molecular flexibility index (Phi) is 6.32. The molecule has 2 fully saturated rings. The topological polar surface area (TPSA) is 86.6 Å². The lowest BCUT2D eigenvalue weighted by molar-refractivity contribution is -0.145. The van der Waals surface area contributed by atoms with Gasteiger partial charge in [-0.3, -0.25) is 9.59 Å². The van der Waals surface area contributed by atoms with Crippen molar-refractivity contribution in [2.75, 3.05) is 7.05 Å². The standard InChI is InChI=1S/C17H31NO4P2/c1-10-6-7-11(2)23(10)14(15(19)20)17(22,16(21)18-5)24-12(3)8-9-13(24)4/h10-14,22H,6-9H2,1-5H3,(H,18,21)(H,19,20)/t10?,11?,12?,13?,14-,17+,23?,24?/m0/s1. The molecule has 3 N–H and O–H groups in total. The summed E-state index contributed by atoms with van der Waals surface area (Å²) in [5, 5.41) is 22.6. The molecule has 138 valence electrons. The molecular formula is C17H31NO4P2. The van der Waals surface area contributed by atoms with E-state index in [2.05, 4.69) is 33.0 Å². The number of likely N-dealkylation sites (N-methyl/N-ethyl adjacent to an activating group) is 1. The van der Waals surface area contributed by atoms with Gasteiger partial charge in [0.1, 0.15) is 5.66 Å². The molecule has 2 aliphatic heterocycles. The van der Waals surface area contributed by atoms with Gasteiger partial charge in [-0.1, -0.05) is 43.5 Å². The molecule has 0 aliphatic carbocycles. The van der Waals surface area contributed by atoms with Crippen LogP contribution in [0.25, 0.3) is 0 Å². The molecular weight excluding hydrogens is 344 g/mol. The fraction of sp³-hybridized carbons (Fsp3) is 0.882. The van der Waals surface area contributed by atoms with E-state index in [1.54, 1.807) is 0 Å². The summed E-state index contributed by atoms with van der Waals surface area (Å²) in [6.07, 6.45) is 3.90. The third kappa shape index (κ3) is 3.24. The van der Waals surface area contributed by atoms with Gasteiger partial charge in [-0.2, -0.15) is 0 Å². The number of carboxylic acids is 1. The van der Waals surface area contributed by atoms with Crippen molar-refractivity contribution in [2.45, 2.75) is 87.0 Å². The maximum Gasteiger partial charge on any atom is 0.314 e. The van der Waals surface area contributed by atoms with Crippen LogP contribution in [0.15, 0.2) is 0 Å². The molecule has 24 heavy (non-hydrogen) atoms. The Balaban J connectivity index is 2.54. The van der Waals surface area contributed by atoms with Gasteiger partial charge in [0, 0.05) is 7.05 Å². The van der Waals surface area contributed by atoms with E-state index < -0.39 is 38.7 Å². The lowest BCUT2D eigenvalue weighted by Gasteiger charge is -2.45. The van der Waals surface area contributed by atoms with E-state index in [1.165, 1.54) is 7.05 Å². The predicted octanol–water partition coefficient (Wildman–Crippen LogP) is 2.98. The highest BCUT2D eigenvalue weighted by Gasteiger charge is 2.61. The van der Waals surface area contributed by atoms with Gasteiger partial charge in [0.15, 0.2) is 5.34 Å². The minimum absolute atomic E-state index is 0.211. The summed E-state index contributed by atoms with van der Waals surface area (Å²) in [7, 11) is -0.549. The van der Waals surface area contributed by atoms with Crippen LogP contribution in [0.1, 0.15) is 53.4 Å². The van der Waals surface area contributed by atoms with Crippen LogP contribution < -0.4 is 5.32 Å². The number of hydrogen-bond acceptors (Lipinski definition) is 3. The second-order valence-electron chi connectivity index (χ2n) is 7.45. The third-order valence-electron chi connectivity index (χ3n) is 5.84. The van der Waals surface area contributed by atoms with E-state index in [4.69, 9.17) is 0 Å². The number of aliphatic carboxylic acids is 1. The zero-order chi connectivity index (χ0) is 18.2. The van der Waals surface area contributed by atoms with Crippen LogP contribution in [0.4, 0.5) is 0 Å². The van der Waals surface area contributed by atoms with E-state index in [-0.39, 0.29) is 22.6 Å². The Morgan fingerprint density at radius 1 is 1.00 bits per heavy atom. The molecule has 2 heterocycles. The van der Waals surface area contributed by atoms with Gasteiger partial charge in [-0.15, -0.1) is 0 Å². The number of aliphatic hydroxyl groups is 1. The first kappa shape index (κ1) is 20.1. The molecule has 0 aromatic carbocycles. The molecule has 0 spiro atoms. The third-order valence-corrected chi connectivity index (χ3v) is 13.5. The van der Waals surface area contributed by atoms with Gasteiger partial charge in [-0.05, 0) is 48.3 Å². The largest absolute Gasteiger partial charge is 0.481 e. The van der Waals surface area contributed by atoms with Crippen LogP contribution in [0.3, 0.4) is 0 Å². The Labute approximate surface area is 147 Å². The quantitative estimate of drug-likeness (QED) is 0.645. The molecule has 2 saturated heterocycles. The fourth-order valence-corrected chi connectivity index (χ4v) is 12.8. The average Bonchev–Trinajstić information content (AvgIpc) is 3.02. The zero-order valence-electron chi connectivity index (χ0n) is 15.3. The van der Waals surface area contributed by atoms with Crippen molar-refractivity contribution in [3.63, 3.8) is 0 Å². The van der Waals surface area contributed by atoms with Crippen molar-refractivity contribution in [3.05, 3.63) is 0 Å². The van der Waals surface area contributed by atoms with Gasteiger partial charge in [0.25, 0.3) is 5.91 Å². The molecule has 7 heteroatoms. The number of nitrogens with one attached hydrogen (secondary N) is 1. The Hall–Kier alpha value is -0.240. The number of carbonyl (C=O) groups is 2. The summed E-state index contributed by atoms with van der Waals surface area (Å²) in [5.74, 6) is -1.49. The summed E-state index contributed by atoms with van der Waals surface area (Å²) in [6, 6.07) is 0. The minimum Gasteiger partial charge on any atom is -0.481 e. The second-order valence-corrected chi connectivity index (χ2v) is 13.9. The van der Waals surface area contributed by atoms with Gasteiger partial charge in [0.2, 0.25) is 0 Å². The van der Waals surface area contributed by atoms with Crippen molar-refractivity contribution < 1.29 is 19.8 Å². The SMILES string of the molecule is CNC(=O)[C@@](O)([C@H](C(=O)O)P1C(C)CCC1C)P1C(C)CCC1C. The van der Waals surface area contributed by atoms with E-state index in [1.807, 2.05) is 0 Å². The van der Waals surface area contributed by atoms with Crippen molar-refractivity contribution in [2.24, 2.45) is 0 Å². The molecule has 0 aromatic rings. The molecule has 5 nitrogen and oxygen atoms in total. The first-order valence-corrected chi connectivity index (χ1v) is 11.9. The lowest BCUT2D eigenvalue weighted by atomic mass is 10.2. The van der Waals surface area contributed by atoms with E-state index in [9.17, 15) is 19.8 Å². The Bertz CT molecular complexity index is 483. The maximum absolute atomic E-state index is 12.8. The molecule has 4 unspecified atom stereocenters. The fourth-order valence-electron chi connectivity index (χ4n) is 4.67. The molecule has 1 amide bonds. The lowest BCUT2D eigenvalue weighted by Crippen LogP contribution is -2.57. The highest BCUT2D eigenvalue weighted by atomic mass is 31.1. The smallest absolute Gasteiger partial charge is 0.314 e. The predicted molar refractivity (Wildman–Crippen MR) is 101 cm³/mol. The van der Waals surface area contributed by atoms with E-state index in [0.29, 0.717) is 0 Å². The number of carbonyl (C=O) groups excluding carboxylic acids is 1. The van der Waals surface area contributed by atoms with Crippen LogP contribution in [-0.2, 0) is 9.59 Å². The van der Waals surface area contributed by atoms with Crippen LogP contribution in [0.2, 0.25) is 0 Å². The number of carboxylic acid groups (broad SMARTS) is 1. The molecule has 0 aromatic heterocycles. The van der Waals surface area contributed by atoms with Crippen molar-refractivity contribution in [3.8, 4) is 0 Å². The summed E-state index contributed by atoms with van der Waals surface area (Å²) >= 11 is 0. The van der Waals surface area contributed by atoms with Gasteiger partial charge in [0.05, 0.1) is 0 Å². The molecule has 0 radical (unpaired) electrons. The van der Waals surface area contributed by atoms with Crippen LogP contribution >= 0.6 is 15.8 Å². The molecule has 0 bridgehead atoms. The minimum atomic E-state index is -1.76. The van der Waals surface area contributed by atoms with Crippen LogP contribution in [0.5, 0.6) is 0 Å². The molecule has 2 rings (SSSR count). The second kappa shape index (κ2) is 7.56. The number of amides is 1. The summed E-state index contributed by atoms with van der Waals surface area (Å²) in [5.41, 5.74) is 0.00443. The average molecular weight is 375 g/mol. The van der Waals surface area contributed by atoms with Gasteiger partial charge >= 0.3 is 5.97 Å². The first-order chi connectivity index (χ1) is 11.2. The van der Waals surface area contributed by atoms with Gasteiger partial charge in [-0.25, -0.2) is 0 Å². The summed E-state index contributed by atoms with van der Waals surface area (Å²) < 4.78 is 0. The number of hydrogen-bond donors (Lipinski definition) is 3. The van der Waals surface area contributed by atoms with Crippen LogP contribution in [-0.4, -0.2) is 62.8 Å². The molecule has 6 atom stereocenters. The van der Waals surface area contributed by atoms with Crippen molar-refractivity contribution >= 4 is 27.7 Å². The van der Waals surface area contributed by atoms with Gasteiger partial charge < -0.3 is 15.5 Å². The van der Waals surface area contributed by atoms with Crippen molar-refractivity contribution in [1.82, 2.24) is 5.32 Å². The van der Waals surface area contributed by atoms with E-state index >= 15 is 0 Å². The molecule has 0 saturated carbocycles. The van der Waals surface area contributed by atoms with Crippen LogP contribution in [0, 0.1) is 0 Å². The Morgan fingerprint density at radius 3 is 1.79 bits per heavy atom. The van der Waals surface area contributed by atoms with Crippen molar-refractivity contribution in [1.29, 1.82) is 0 Å².